The van der Waals surface area contributed by atoms with E-state index in [1.807, 2.05) is 0 Å². The second-order valence-electron chi connectivity index (χ2n) is 7.92. The lowest BCUT2D eigenvalue weighted by molar-refractivity contribution is -0.117. The van der Waals surface area contributed by atoms with Crippen molar-refractivity contribution in [2.24, 2.45) is 5.92 Å². The Kier molecular flexibility index (Phi) is 7.55. The van der Waals surface area contributed by atoms with Gasteiger partial charge in [-0.2, -0.15) is 0 Å². The number of halogens is 8. The first kappa shape index (κ1) is 27.0. The molecule has 2 atom stereocenters. The maximum atomic E-state index is 14.1. The van der Waals surface area contributed by atoms with Gasteiger partial charge in [-0.05, 0) is 35.9 Å². The van der Waals surface area contributed by atoms with E-state index in [4.69, 9.17) is 75.3 Å². The minimum Gasteiger partial charge on any atom is -0.396 e. The largest absolute Gasteiger partial charge is 0.396 e. The van der Waals surface area contributed by atoms with Gasteiger partial charge >= 0.3 is 0 Å². The average Bonchev–Trinajstić information content (AvgIpc) is 3.38. The molecule has 0 radical (unpaired) electrons. The molecule has 0 heterocycles. The van der Waals surface area contributed by atoms with E-state index in [1.54, 1.807) is 0 Å². The summed E-state index contributed by atoms with van der Waals surface area (Å²) in [6, 6.07) is 8.58. The second-order valence-corrected chi connectivity index (χ2v) is 11.0. The third kappa shape index (κ3) is 5.19. The Morgan fingerprint density at radius 3 is 2.14 bits per heavy atom. The lowest BCUT2D eigenvalue weighted by atomic mass is 10.1. The molecule has 4 rings (SSSR count). The molecular formula is C23H13Cl6F2N3O2. The minimum absolute atomic E-state index is 0.000559. The van der Waals surface area contributed by atoms with Crippen LogP contribution >= 0.6 is 69.6 Å². The minimum atomic E-state index is -1.45. The van der Waals surface area contributed by atoms with Crippen LogP contribution < -0.4 is 16.4 Å². The molecule has 0 aromatic heterocycles. The predicted molar refractivity (Wildman–Crippen MR) is 141 cm³/mol. The number of anilines is 3. The fourth-order valence-corrected chi connectivity index (χ4v) is 5.31. The SMILES string of the molecule is Nc1cc(F)c(NC(=O)c2cc(NC(=O)[C@H]3[C@H](c4cc(Cl)c(Cl)c(Cl)c4)C3(Cl)Cl)ccc2Cl)cc1F. The molecular weight excluding hydrogens is 601 g/mol. The Balaban J connectivity index is 1.53. The lowest BCUT2D eigenvalue weighted by Gasteiger charge is -2.11. The summed E-state index contributed by atoms with van der Waals surface area (Å²) in [7, 11) is 0. The van der Waals surface area contributed by atoms with Gasteiger partial charge in [0.05, 0.1) is 42.9 Å². The summed E-state index contributed by atoms with van der Waals surface area (Å²) in [4.78, 5) is 25.7. The first-order valence-corrected chi connectivity index (χ1v) is 12.3. The van der Waals surface area contributed by atoms with Crippen molar-refractivity contribution >= 4 is 98.5 Å². The number of hydrogen-bond donors (Lipinski definition) is 3. The summed E-state index contributed by atoms with van der Waals surface area (Å²) in [5.74, 6) is -4.76. The molecule has 1 aliphatic carbocycles. The highest BCUT2D eigenvalue weighted by molar-refractivity contribution is 6.54. The number of carbonyl (C=O) groups is 2. The second kappa shape index (κ2) is 10.0. The molecule has 188 valence electrons. The Bertz CT molecular complexity index is 1400. The first-order valence-electron chi connectivity index (χ1n) is 9.99. The van der Waals surface area contributed by atoms with E-state index < -0.39 is 51.0 Å². The Hall–Kier alpha value is -2.00. The standard InChI is InChI=1S/C23H13Cl6F2N3O2/c24-11-2-1-9(5-10(11)21(35)34-17-7-14(30)16(32)6-15(17)31)33-22(36)19-18(23(19,28)29)8-3-12(25)20(27)13(26)4-8/h1-7,18-19H,32H2,(H,33,36)(H,34,35)/t18-,19+/m0/s1. The number of carbonyl (C=O) groups excluding carboxylic acids is 2. The predicted octanol–water partition coefficient (Wildman–Crippen LogP) is 7.94. The third-order valence-corrected chi connectivity index (χ3v) is 7.98. The van der Waals surface area contributed by atoms with Crippen molar-refractivity contribution in [3.05, 3.63) is 85.3 Å². The van der Waals surface area contributed by atoms with Crippen molar-refractivity contribution in [3.63, 3.8) is 0 Å². The number of nitrogens with two attached hydrogens (primary N) is 1. The highest BCUT2D eigenvalue weighted by Crippen LogP contribution is 2.65. The zero-order chi connectivity index (χ0) is 26.5. The van der Waals surface area contributed by atoms with Crippen LogP contribution in [0.3, 0.4) is 0 Å². The molecule has 0 spiro atoms. The number of rotatable bonds is 5. The molecule has 36 heavy (non-hydrogen) atoms. The van der Waals surface area contributed by atoms with Crippen molar-refractivity contribution in [3.8, 4) is 0 Å². The van der Waals surface area contributed by atoms with Gasteiger partial charge in [0.2, 0.25) is 5.91 Å². The maximum absolute atomic E-state index is 14.1. The van der Waals surface area contributed by atoms with Crippen LogP contribution in [0.4, 0.5) is 25.8 Å². The van der Waals surface area contributed by atoms with E-state index in [0.29, 0.717) is 5.56 Å². The molecule has 4 N–H and O–H groups in total. The van der Waals surface area contributed by atoms with Gasteiger partial charge < -0.3 is 16.4 Å². The van der Waals surface area contributed by atoms with Gasteiger partial charge in [0.1, 0.15) is 16.0 Å². The summed E-state index contributed by atoms with van der Waals surface area (Å²) < 4.78 is 26.3. The molecule has 0 bridgehead atoms. The molecule has 5 nitrogen and oxygen atoms in total. The lowest BCUT2D eigenvalue weighted by Crippen LogP contribution is -2.18. The van der Waals surface area contributed by atoms with E-state index >= 15 is 0 Å². The quantitative estimate of drug-likeness (QED) is 0.155. The van der Waals surface area contributed by atoms with Gasteiger partial charge in [-0.25, -0.2) is 8.78 Å². The van der Waals surface area contributed by atoms with Crippen LogP contribution in [0, 0.1) is 17.6 Å². The summed E-state index contributed by atoms with van der Waals surface area (Å²) in [6.07, 6.45) is 0. The van der Waals surface area contributed by atoms with E-state index in [9.17, 15) is 18.4 Å². The van der Waals surface area contributed by atoms with E-state index in [2.05, 4.69) is 10.6 Å². The third-order valence-electron chi connectivity index (χ3n) is 5.51. The summed E-state index contributed by atoms with van der Waals surface area (Å²) in [5.41, 5.74) is 5.05. The van der Waals surface area contributed by atoms with Gasteiger partial charge in [0.15, 0.2) is 0 Å². The van der Waals surface area contributed by atoms with Gasteiger partial charge in [0.25, 0.3) is 5.91 Å². The van der Waals surface area contributed by atoms with Crippen LogP contribution in [-0.4, -0.2) is 16.1 Å². The van der Waals surface area contributed by atoms with Crippen molar-refractivity contribution in [2.45, 2.75) is 10.3 Å². The van der Waals surface area contributed by atoms with E-state index in [1.165, 1.54) is 30.3 Å². The first-order chi connectivity index (χ1) is 16.8. The molecule has 0 unspecified atom stereocenters. The van der Waals surface area contributed by atoms with Gasteiger partial charge in [-0.1, -0.05) is 46.4 Å². The van der Waals surface area contributed by atoms with Crippen LogP contribution in [0.5, 0.6) is 0 Å². The van der Waals surface area contributed by atoms with Crippen LogP contribution in [0.1, 0.15) is 21.8 Å². The van der Waals surface area contributed by atoms with Crippen molar-refractivity contribution in [1.29, 1.82) is 0 Å². The topological polar surface area (TPSA) is 84.2 Å². The zero-order valence-corrected chi connectivity index (χ0v) is 22.1. The monoisotopic (exact) mass is 611 g/mol. The van der Waals surface area contributed by atoms with Crippen molar-refractivity contribution in [1.82, 2.24) is 0 Å². The zero-order valence-electron chi connectivity index (χ0n) is 17.6. The number of nitrogens with one attached hydrogen (secondary N) is 2. The number of amides is 2. The molecule has 3 aromatic carbocycles. The molecule has 13 heteroatoms. The normalized spacial score (nSPS) is 18.0. The molecule has 2 amide bonds. The van der Waals surface area contributed by atoms with Gasteiger partial charge in [0, 0.05) is 23.7 Å². The fourth-order valence-electron chi connectivity index (χ4n) is 3.67. The average molecular weight is 614 g/mol. The van der Waals surface area contributed by atoms with Crippen LogP contribution in [0.2, 0.25) is 20.1 Å². The summed E-state index contributed by atoms with van der Waals surface area (Å²) in [6.45, 7) is 0. The van der Waals surface area contributed by atoms with E-state index in [0.717, 1.165) is 12.1 Å². The molecule has 1 fully saturated rings. The number of nitrogen functional groups attached to an aromatic ring is 1. The fraction of sp³-hybridized carbons (Fsp3) is 0.130. The Morgan fingerprint density at radius 2 is 1.50 bits per heavy atom. The van der Waals surface area contributed by atoms with Crippen LogP contribution in [0.15, 0.2) is 42.5 Å². The van der Waals surface area contributed by atoms with Crippen LogP contribution in [-0.2, 0) is 4.79 Å². The number of alkyl halides is 2. The molecule has 1 aliphatic rings. The maximum Gasteiger partial charge on any atom is 0.257 e. The molecule has 0 aliphatic heterocycles. The van der Waals surface area contributed by atoms with Crippen molar-refractivity contribution in [2.75, 3.05) is 16.4 Å². The molecule has 0 saturated heterocycles. The Labute approximate surface area is 233 Å². The smallest absolute Gasteiger partial charge is 0.257 e. The summed E-state index contributed by atoms with van der Waals surface area (Å²) in [5, 5.41) is 5.37. The molecule has 1 saturated carbocycles. The van der Waals surface area contributed by atoms with Crippen LogP contribution in [0.25, 0.3) is 0 Å². The summed E-state index contributed by atoms with van der Waals surface area (Å²) >= 11 is 37.0. The molecule has 3 aromatic rings. The van der Waals surface area contributed by atoms with E-state index in [-0.39, 0.29) is 31.3 Å². The highest BCUT2D eigenvalue weighted by Gasteiger charge is 2.67. The van der Waals surface area contributed by atoms with Crippen molar-refractivity contribution < 1.29 is 18.4 Å². The Morgan fingerprint density at radius 1 is 0.861 bits per heavy atom. The van der Waals surface area contributed by atoms with Gasteiger partial charge in [-0.3, -0.25) is 9.59 Å². The highest BCUT2D eigenvalue weighted by atomic mass is 35.5. The number of hydrogen-bond acceptors (Lipinski definition) is 3. The van der Waals surface area contributed by atoms with Gasteiger partial charge in [-0.15, -0.1) is 23.2 Å². The number of benzene rings is 3.